The molecule has 0 saturated carbocycles. The lowest BCUT2D eigenvalue weighted by molar-refractivity contribution is -0.140. The quantitative estimate of drug-likeness (QED) is 0.248. The first kappa shape index (κ1) is 31.7. The van der Waals surface area contributed by atoms with Crippen molar-refractivity contribution in [3.8, 4) is 5.75 Å². The first-order valence-electron chi connectivity index (χ1n) is 15.8. The van der Waals surface area contributed by atoms with E-state index in [2.05, 4.69) is 38.7 Å². The number of benzene rings is 2. The maximum absolute atomic E-state index is 13.1. The van der Waals surface area contributed by atoms with Crippen LogP contribution in [0.1, 0.15) is 56.6 Å². The highest BCUT2D eigenvalue weighted by Gasteiger charge is 2.31. The van der Waals surface area contributed by atoms with E-state index >= 15 is 0 Å². The van der Waals surface area contributed by atoms with Crippen molar-refractivity contribution in [3.05, 3.63) is 59.8 Å². The van der Waals surface area contributed by atoms with Crippen molar-refractivity contribution in [3.63, 3.8) is 0 Å². The minimum absolute atomic E-state index is 0.0139. The van der Waals surface area contributed by atoms with Gasteiger partial charge in [0, 0.05) is 25.8 Å². The molecule has 0 unspecified atom stereocenters. The number of fused-ring (bicyclic) bond motifs is 1. The van der Waals surface area contributed by atoms with Crippen LogP contribution >= 0.6 is 0 Å². The van der Waals surface area contributed by atoms with E-state index in [9.17, 15) is 13.2 Å². The van der Waals surface area contributed by atoms with Gasteiger partial charge in [0.15, 0.2) is 15.5 Å². The number of amides is 1. The number of hydrogen-bond acceptors (Lipinski definition) is 10. The van der Waals surface area contributed by atoms with E-state index in [1.165, 1.54) is 10.1 Å². The van der Waals surface area contributed by atoms with Gasteiger partial charge in [0.2, 0.25) is 17.8 Å². The van der Waals surface area contributed by atoms with E-state index in [-0.39, 0.29) is 16.7 Å². The van der Waals surface area contributed by atoms with Crippen molar-refractivity contribution in [1.82, 2.24) is 24.5 Å². The smallest absolute Gasteiger partial charge is 0.233 e. The van der Waals surface area contributed by atoms with Gasteiger partial charge in [0.25, 0.3) is 0 Å². The second-order valence-corrected chi connectivity index (χ2v) is 14.7. The maximum Gasteiger partial charge on any atom is 0.233 e. The molecule has 2 N–H and O–H groups in total. The van der Waals surface area contributed by atoms with E-state index in [4.69, 9.17) is 9.47 Å². The third-order valence-corrected chi connectivity index (χ3v) is 11.1. The molecule has 0 radical (unpaired) electrons. The average molecular weight is 648 g/mol. The zero-order valence-electron chi connectivity index (χ0n) is 26.7. The molecule has 4 aromatic rings. The molecule has 12 nitrogen and oxygen atoms in total. The van der Waals surface area contributed by atoms with Crippen molar-refractivity contribution in [1.29, 1.82) is 0 Å². The van der Waals surface area contributed by atoms with Crippen LogP contribution in [0.15, 0.2) is 53.6 Å². The Kier molecular flexibility index (Phi) is 9.14. The number of nitrogens with zero attached hydrogens (tertiary/aromatic N) is 5. The number of aromatic nitrogens is 4. The monoisotopic (exact) mass is 647 g/mol. The van der Waals surface area contributed by atoms with Gasteiger partial charge >= 0.3 is 0 Å². The van der Waals surface area contributed by atoms with Crippen LogP contribution < -0.4 is 15.4 Å². The first-order chi connectivity index (χ1) is 22.2. The minimum Gasteiger partial charge on any atom is -0.495 e. The number of hydrogen-bond donors (Lipinski definition) is 2. The van der Waals surface area contributed by atoms with E-state index in [0.717, 1.165) is 50.9 Å². The van der Waals surface area contributed by atoms with Crippen molar-refractivity contribution < 1.29 is 22.7 Å². The van der Waals surface area contributed by atoms with E-state index in [1.54, 1.807) is 57.5 Å². The SMILES string of the molecule is COc1cc(C2CCN(C(=O)[C@H]3CCCOC3)CC2)c(C)cc1Nc1nc(Nc2ccccc2S(=O)(=O)C(C)C)n2nccc2n1. The molecule has 4 heterocycles. The molecule has 2 saturated heterocycles. The zero-order chi connectivity index (χ0) is 32.4. The summed E-state index contributed by atoms with van der Waals surface area (Å²) in [4.78, 5) is 24.5. The summed E-state index contributed by atoms with van der Waals surface area (Å²) in [5.74, 6) is 1.77. The standard InChI is InChI=1S/C33H41N7O5S/c1-21(2)46(42,43)29-10-6-5-9-26(29)36-33-38-32(37-30-11-14-34-40(30)33)35-27-18-22(3)25(19-28(27)44-4)23-12-15-39(16-13-23)31(41)24-8-7-17-45-20-24/h5-6,9-11,14,18-19,21,23-24H,7-8,12-13,15-17,20H2,1-4H3,(H2,35,36,37,38)/t24-/m0/s1. The number of anilines is 4. The Morgan fingerprint density at radius 3 is 2.54 bits per heavy atom. The van der Waals surface area contributed by atoms with Crippen LogP contribution in [0.4, 0.5) is 23.3 Å². The van der Waals surface area contributed by atoms with Gasteiger partial charge < -0.3 is 25.0 Å². The molecular weight excluding hydrogens is 606 g/mol. The second kappa shape index (κ2) is 13.2. The molecule has 2 aliphatic heterocycles. The summed E-state index contributed by atoms with van der Waals surface area (Å²) in [6, 6.07) is 12.6. The van der Waals surface area contributed by atoms with Gasteiger partial charge in [-0.15, -0.1) is 0 Å². The van der Waals surface area contributed by atoms with Crippen LogP contribution in [0.2, 0.25) is 0 Å². The molecule has 46 heavy (non-hydrogen) atoms. The van der Waals surface area contributed by atoms with Crippen LogP contribution in [0.25, 0.3) is 5.65 Å². The molecule has 13 heteroatoms. The Morgan fingerprint density at radius 2 is 1.83 bits per heavy atom. The molecular formula is C33H41N7O5S. The molecule has 2 fully saturated rings. The van der Waals surface area contributed by atoms with E-state index < -0.39 is 15.1 Å². The molecule has 2 aromatic heterocycles. The van der Waals surface area contributed by atoms with Gasteiger partial charge in [0.1, 0.15) is 5.75 Å². The summed E-state index contributed by atoms with van der Waals surface area (Å²) in [7, 11) is -1.93. The summed E-state index contributed by atoms with van der Waals surface area (Å²) in [6.45, 7) is 8.14. The predicted octanol–water partition coefficient (Wildman–Crippen LogP) is 5.24. The number of para-hydroxylation sites is 1. The Hall–Kier alpha value is -4.23. The molecule has 6 rings (SSSR count). The lowest BCUT2D eigenvalue weighted by Crippen LogP contribution is -2.43. The van der Waals surface area contributed by atoms with Gasteiger partial charge in [0.05, 0.1) is 47.4 Å². The predicted molar refractivity (Wildman–Crippen MR) is 176 cm³/mol. The number of sulfone groups is 1. The fourth-order valence-electron chi connectivity index (χ4n) is 6.29. The number of piperidine rings is 1. The highest BCUT2D eigenvalue weighted by molar-refractivity contribution is 7.92. The van der Waals surface area contributed by atoms with Crippen molar-refractivity contribution in [2.45, 2.75) is 62.5 Å². The number of ether oxygens (including phenoxy) is 2. The zero-order valence-corrected chi connectivity index (χ0v) is 27.5. The number of carbonyl (C=O) groups is 1. The normalized spacial score (nSPS) is 17.8. The molecule has 244 valence electrons. The fraction of sp³-hybridized carbons (Fsp3) is 0.455. The molecule has 1 amide bonds. The Morgan fingerprint density at radius 1 is 1.04 bits per heavy atom. The second-order valence-electron chi connectivity index (χ2n) is 12.2. The fourth-order valence-corrected chi connectivity index (χ4v) is 7.49. The molecule has 2 aliphatic rings. The molecule has 0 bridgehead atoms. The Bertz CT molecular complexity index is 1830. The van der Waals surface area contributed by atoms with Gasteiger partial charge in [-0.3, -0.25) is 4.79 Å². The number of likely N-dealkylation sites (tertiary alicyclic amines) is 1. The van der Waals surface area contributed by atoms with Crippen LogP contribution in [-0.2, 0) is 19.4 Å². The van der Waals surface area contributed by atoms with Crippen LogP contribution in [0.5, 0.6) is 5.75 Å². The lowest BCUT2D eigenvalue weighted by Gasteiger charge is -2.36. The summed E-state index contributed by atoms with van der Waals surface area (Å²) >= 11 is 0. The Balaban J connectivity index is 1.23. The number of aryl methyl sites for hydroxylation is 1. The van der Waals surface area contributed by atoms with E-state index in [0.29, 0.717) is 47.2 Å². The third-order valence-electron chi connectivity index (χ3n) is 8.91. The highest BCUT2D eigenvalue weighted by atomic mass is 32.2. The van der Waals surface area contributed by atoms with Gasteiger partial charge in [-0.05, 0) is 87.8 Å². The van der Waals surface area contributed by atoms with E-state index in [1.807, 2.05) is 11.0 Å². The third kappa shape index (κ3) is 6.38. The minimum atomic E-state index is -3.56. The first-order valence-corrected chi connectivity index (χ1v) is 17.3. The lowest BCUT2D eigenvalue weighted by atomic mass is 9.86. The van der Waals surface area contributed by atoms with Crippen LogP contribution in [0.3, 0.4) is 0 Å². The number of rotatable bonds is 9. The Labute approximate surface area is 269 Å². The van der Waals surface area contributed by atoms with Crippen LogP contribution in [0, 0.1) is 12.8 Å². The number of methoxy groups -OCH3 is 1. The summed E-state index contributed by atoms with van der Waals surface area (Å²) < 4.78 is 39.0. The summed E-state index contributed by atoms with van der Waals surface area (Å²) in [5.41, 5.74) is 3.93. The van der Waals surface area contributed by atoms with Gasteiger partial charge in [-0.2, -0.15) is 19.6 Å². The van der Waals surface area contributed by atoms with Crippen LogP contribution in [-0.4, -0.2) is 77.5 Å². The molecule has 0 spiro atoms. The summed E-state index contributed by atoms with van der Waals surface area (Å²) in [6.07, 6.45) is 5.24. The largest absolute Gasteiger partial charge is 0.495 e. The maximum atomic E-state index is 13.1. The molecule has 1 atom stereocenters. The topological polar surface area (TPSA) is 140 Å². The van der Waals surface area contributed by atoms with Gasteiger partial charge in [-0.25, -0.2) is 8.42 Å². The average Bonchev–Trinajstić information content (AvgIpc) is 3.54. The van der Waals surface area contributed by atoms with Crippen molar-refractivity contribution >= 4 is 44.7 Å². The molecule has 0 aliphatic carbocycles. The summed E-state index contributed by atoms with van der Waals surface area (Å²) in [5, 5.41) is 10.2. The van der Waals surface area contributed by atoms with Gasteiger partial charge in [-0.1, -0.05) is 12.1 Å². The number of carbonyl (C=O) groups excluding carboxylic acids is 1. The van der Waals surface area contributed by atoms with Crippen molar-refractivity contribution in [2.75, 3.05) is 44.0 Å². The van der Waals surface area contributed by atoms with Crippen molar-refractivity contribution in [2.24, 2.45) is 5.92 Å². The molecule has 2 aromatic carbocycles. The highest BCUT2D eigenvalue weighted by Crippen LogP contribution is 2.38. The number of nitrogens with one attached hydrogen (secondary N) is 2.